The summed E-state index contributed by atoms with van der Waals surface area (Å²) >= 11 is 0. The van der Waals surface area contributed by atoms with E-state index in [4.69, 9.17) is 0 Å². The van der Waals surface area contributed by atoms with Gasteiger partial charge in [0.25, 0.3) is 0 Å². The van der Waals surface area contributed by atoms with Gasteiger partial charge < -0.3 is 10.2 Å². The fourth-order valence-corrected chi connectivity index (χ4v) is 0.907. The van der Waals surface area contributed by atoms with E-state index in [1.807, 2.05) is 7.05 Å². The van der Waals surface area contributed by atoms with E-state index in [9.17, 15) is 4.79 Å². The minimum atomic E-state index is -0.118. The van der Waals surface area contributed by atoms with Gasteiger partial charge in [0.1, 0.15) is 0 Å². The van der Waals surface area contributed by atoms with Crippen molar-refractivity contribution in [3.05, 3.63) is 12.7 Å². The van der Waals surface area contributed by atoms with Crippen molar-refractivity contribution < 1.29 is 4.79 Å². The zero-order chi connectivity index (χ0) is 9.56. The number of likely N-dealkylation sites (N-methyl/N-ethyl adjacent to an activating group) is 2. The zero-order valence-electron chi connectivity index (χ0n) is 8.13. The van der Waals surface area contributed by atoms with Gasteiger partial charge in [-0.3, -0.25) is 4.79 Å². The van der Waals surface area contributed by atoms with E-state index >= 15 is 0 Å². The van der Waals surface area contributed by atoms with Crippen LogP contribution in [0.4, 0.5) is 0 Å². The van der Waals surface area contributed by atoms with Crippen LogP contribution in [0.3, 0.4) is 0 Å². The SMILES string of the molecule is C=CC(=O)C(CN(C)CC)NC. The second kappa shape index (κ2) is 5.91. The van der Waals surface area contributed by atoms with Crippen LogP contribution < -0.4 is 5.32 Å². The molecule has 0 aromatic rings. The molecule has 0 heterocycles. The molecule has 1 atom stereocenters. The van der Waals surface area contributed by atoms with Crippen LogP contribution in [0.1, 0.15) is 6.92 Å². The molecule has 0 amide bonds. The van der Waals surface area contributed by atoms with Crippen molar-refractivity contribution in [1.82, 2.24) is 10.2 Å². The summed E-state index contributed by atoms with van der Waals surface area (Å²) < 4.78 is 0. The summed E-state index contributed by atoms with van der Waals surface area (Å²) in [5.74, 6) is 0.0535. The lowest BCUT2D eigenvalue weighted by Crippen LogP contribution is -2.42. The van der Waals surface area contributed by atoms with Gasteiger partial charge in [-0.05, 0) is 26.7 Å². The molecule has 3 heteroatoms. The maximum atomic E-state index is 11.2. The number of nitrogens with one attached hydrogen (secondary N) is 1. The minimum Gasteiger partial charge on any atom is -0.309 e. The Balaban J connectivity index is 3.98. The Kier molecular flexibility index (Phi) is 5.58. The summed E-state index contributed by atoms with van der Waals surface area (Å²) in [7, 11) is 3.77. The third-order valence-electron chi connectivity index (χ3n) is 1.93. The van der Waals surface area contributed by atoms with Crippen molar-refractivity contribution in [3.63, 3.8) is 0 Å². The predicted molar refractivity (Wildman–Crippen MR) is 51.2 cm³/mol. The van der Waals surface area contributed by atoms with E-state index < -0.39 is 0 Å². The highest BCUT2D eigenvalue weighted by atomic mass is 16.1. The lowest BCUT2D eigenvalue weighted by atomic mass is 10.2. The predicted octanol–water partition coefficient (Wildman–Crippen LogP) is 0.281. The fourth-order valence-electron chi connectivity index (χ4n) is 0.907. The topological polar surface area (TPSA) is 32.3 Å². The Morgan fingerprint density at radius 1 is 1.75 bits per heavy atom. The molecular formula is C9H18N2O. The van der Waals surface area contributed by atoms with Crippen LogP contribution in [-0.2, 0) is 4.79 Å². The Labute approximate surface area is 74.4 Å². The summed E-state index contributed by atoms with van der Waals surface area (Å²) in [4.78, 5) is 13.3. The minimum absolute atomic E-state index is 0.0535. The molecule has 0 aliphatic heterocycles. The normalized spacial score (nSPS) is 13.0. The largest absolute Gasteiger partial charge is 0.309 e. The highest BCUT2D eigenvalue weighted by Crippen LogP contribution is 1.91. The smallest absolute Gasteiger partial charge is 0.173 e. The monoisotopic (exact) mass is 170 g/mol. The first-order valence-corrected chi connectivity index (χ1v) is 4.17. The molecule has 0 aliphatic carbocycles. The molecular weight excluding hydrogens is 152 g/mol. The molecule has 0 aromatic carbocycles. The molecule has 0 fully saturated rings. The molecule has 0 bridgehead atoms. The van der Waals surface area contributed by atoms with E-state index in [2.05, 4.69) is 23.7 Å². The lowest BCUT2D eigenvalue weighted by molar-refractivity contribution is -0.116. The van der Waals surface area contributed by atoms with E-state index in [0.29, 0.717) is 0 Å². The van der Waals surface area contributed by atoms with Crippen LogP contribution in [0.15, 0.2) is 12.7 Å². The van der Waals surface area contributed by atoms with Crippen LogP contribution in [0.2, 0.25) is 0 Å². The van der Waals surface area contributed by atoms with Gasteiger partial charge in [-0.15, -0.1) is 0 Å². The molecule has 70 valence electrons. The number of hydrogen-bond donors (Lipinski definition) is 1. The van der Waals surface area contributed by atoms with Crippen molar-refractivity contribution in [2.45, 2.75) is 13.0 Å². The Hall–Kier alpha value is -0.670. The number of nitrogens with zero attached hydrogens (tertiary/aromatic N) is 1. The maximum Gasteiger partial charge on any atom is 0.173 e. The first-order valence-electron chi connectivity index (χ1n) is 4.17. The van der Waals surface area contributed by atoms with E-state index in [1.54, 1.807) is 7.05 Å². The van der Waals surface area contributed by atoms with Crippen molar-refractivity contribution in [3.8, 4) is 0 Å². The third-order valence-corrected chi connectivity index (χ3v) is 1.93. The van der Waals surface area contributed by atoms with Gasteiger partial charge in [0.2, 0.25) is 0 Å². The van der Waals surface area contributed by atoms with Crippen molar-refractivity contribution >= 4 is 5.78 Å². The molecule has 0 aliphatic rings. The molecule has 0 rings (SSSR count). The van der Waals surface area contributed by atoms with E-state index in [0.717, 1.165) is 13.1 Å². The molecule has 0 radical (unpaired) electrons. The molecule has 0 aromatic heterocycles. The number of rotatable bonds is 6. The number of hydrogen-bond acceptors (Lipinski definition) is 3. The molecule has 3 nitrogen and oxygen atoms in total. The first-order chi connectivity index (χ1) is 5.65. The molecule has 1 unspecified atom stereocenters. The summed E-state index contributed by atoms with van der Waals surface area (Å²) in [6.07, 6.45) is 1.37. The van der Waals surface area contributed by atoms with E-state index in [-0.39, 0.29) is 11.8 Å². The fraction of sp³-hybridized carbons (Fsp3) is 0.667. The van der Waals surface area contributed by atoms with Crippen LogP contribution >= 0.6 is 0 Å². The molecule has 0 saturated carbocycles. The van der Waals surface area contributed by atoms with Gasteiger partial charge in [-0.2, -0.15) is 0 Å². The van der Waals surface area contributed by atoms with Crippen LogP contribution in [0, 0.1) is 0 Å². The number of ketones is 1. The van der Waals surface area contributed by atoms with Gasteiger partial charge in [0.15, 0.2) is 5.78 Å². The van der Waals surface area contributed by atoms with Gasteiger partial charge in [0.05, 0.1) is 6.04 Å². The van der Waals surface area contributed by atoms with Crippen molar-refractivity contribution in [1.29, 1.82) is 0 Å². The molecule has 1 N–H and O–H groups in total. The van der Waals surface area contributed by atoms with Gasteiger partial charge in [-0.1, -0.05) is 13.5 Å². The Morgan fingerprint density at radius 3 is 2.67 bits per heavy atom. The van der Waals surface area contributed by atoms with Gasteiger partial charge >= 0.3 is 0 Å². The third kappa shape index (κ3) is 3.64. The summed E-state index contributed by atoms with van der Waals surface area (Å²) in [5.41, 5.74) is 0. The maximum absolute atomic E-state index is 11.2. The molecule has 0 saturated heterocycles. The van der Waals surface area contributed by atoms with Crippen LogP contribution in [0.5, 0.6) is 0 Å². The van der Waals surface area contributed by atoms with Gasteiger partial charge in [0, 0.05) is 6.54 Å². The molecule has 12 heavy (non-hydrogen) atoms. The summed E-state index contributed by atoms with van der Waals surface area (Å²) in [6.45, 7) is 7.20. The molecule has 0 spiro atoms. The average Bonchev–Trinajstić information content (AvgIpc) is 2.12. The number of carbonyl (C=O) groups is 1. The van der Waals surface area contributed by atoms with Crippen LogP contribution in [-0.4, -0.2) is 43.9 Å². The lowest BCUT2D eigenvalue weighted by Gasteiger charge is -2.20. The Morgan fingerprint density at radius 2 is 2.33 bits per heavy atom. The second-order valence-electron chi connectivity index (χ2n) is 2.80. The second-order valence-corrected chi connectivity index (χ2v) is 2.80. The highest BCUT2D eigenvalue weighted by Gasteiger charge is 2.13. The average molecular weight is 170 g/mol. The highest BCUT2D eigenvalue weighted by molar-refractivity contribution is 5.93. The number of carbonyl (C=O) groups excluding carboxylic acids is 1. The van der Waals surface area contributed by atoms with Gasteiger partial charge in [-0.25, -0.2) is 0 Å². The standard InChI is InChI=1S/C9H18N2O/c1-5-9(12)8(10-3)7-11(4)6-2/h5,8,10H,1,6-7H2,2-4H3. The summed E-state index contributed by atoms with van der Waals surface area (Å²) in [5, 5.41) is 2.96. The van der Waals surface area contributed by atoms with Crippen molar-refractivity contribution in [2.75, 3.05) is 27.2 Å². The zero-order valence-corrected chi connectivity index (χ0v) is 8.13. The summed E-state index contributed by atoms with van der Waals surface area (Å²) in [6, 6.07) is -0.118. The Bertz CT molecular complexity index is 157. The van der Waals surface area contributed by atoms with Crippen LogP contribution in [0.25, 0.3) is 0 Å². The van der Waals surface area contributed by atoms with E-state index in [1.165, 1.54) is 6.08 Å². The van der Waals surface area contributed by atoms with Crippen molar-refractivity contribution in [2.24, 2.45) is 0 Å². The quantitative estimate of drug-likeness (QED) is 0.581. The first kappa shape index (κ1) is 11.3.